The number of nitrogens with zero attached hydrogens (tertiary/aromatic N) is 2. The summed E-state index contributed by atoms with van der Waals surface area (Å²) in [5, 5.41) is 10.7. The van der Waals surface area contributed by atoms with E-state index >= 15 is 0 Å². The van der Waals surface area contributed by atoms with Gasteiger partial charge < -0.3 is 9.73 Å². The second kappa shape index (κ2) is 12.0. The van der Waals surface area contributed by atoms with Crippen LogP contribution in [0.4, 0.5) is 0 Å². The molecule has 1 aliphatic rings. The molecule has 9 aromatic rings. The molecule has 1 aliphatic heterocycles. The van der Waals surface area contributed by atoms with Gasteiger partial charge in [0.25, 0.3) is 0 Å². The van der Waals surface area contributed by atoms with Crippen molar-refractivity contribution in [1.29, 1.82) is 0 Å². The maximum atomic E-state index is 6.46. The van der Waals surface area contributed by atoms with E-state index in [4.69, 9.17) is 14.4 Å². The molecule has 0 aliphatic carbocycles. The van der Waals surface area contributed by atoms with Gasteiger partial charge in [-0.05, 0) is 68.1 Å². The van der Waals surface area contributed by atoms with Crippen LogP contribution < -0.4 is 5.32 Å². The summed E-state index contributed by atoms with van der Waals surface area (Å²) in [4.78, 5) is 10.3. The Balaban J connectivity index is 1.07. The first-order valence-corrected chi connectivity index (χ1v) is 17.3. The molecule has 0 bridgehead atoms. The molecule has 1 unspecified atom stereocenters. The highest BCUT2D eigenvalue weighted by Gasteiger charge is 2.25. The third-order valence-corrected chi connectivity index (χ3v) is 9.94. The quantitative estimate of drug-likeness (QED) is 0.201. The fraction of sp³-hybridized carbons (Fsp3) is 0.0213. The predicted octanol–water partition coefficient (Wildman–Crippen LogP) is 11.7. The van der Waals surface area contributed by atoms with Gasteiger partial charge in [0, 0.05) is 27.5 Å². The van der Waals surface area contributed by atoms with Gasteiger partial charge >= 0.3 is 0 Å². The standard InChI is InChI=1S/C47H31N3O/c1-2-12-33(13-3-1)45-48-46(34-23-20-31(21-24-34)36-25-22-30-10-4-5-14-35(30)28-36)50-47(49-45)40-18-9-19-43-44(40)41-29-37(26-27-42(41)51-43)39-17-8-15-32-11-6-7-16-38(32)39/h1-29,47H,(H,48,49,50). The topological polar surface area (TPSA) is 49.9 Å². The van der Waals surface area contributed by atoms with Gasteiger partial charge in [0.05, 0.1) is 0 Å². The molecule has 0 saturated heterocycles. The number of benzene rings is 8. The number of rotatable bonds is 5. The molecule has 2 heterocycles. The van der Waals surface area contributed by atoms with E-state index in [1.807, 2.05) is 24.3 Å². The molecule has 0 spiro atoms. The van der Waals surface area contributed by atoms with E-state index in [2.05, 4.69) is 157 Å². The summed E-state index contributed by atoms with van der Waals surface area (Å²) in [7, 11) is 0. The summed E-state index contributed by atoms with van der Waals surface area (Å²) in [6.07, 6.45) is -0.390. The van der Waals surface area contributed by atoms with Crippen molar-refractivity contribution in [2.45, 2.75) is 6.17 Å². The zero-order valence-corrected chi connectivity index (χ0v) is 27.6. The van der Waals surface area contributed by atoms with Crippen molar-refractivity contribution in [3.63, 3.8) is 0 Å². The molecular weight excluding hydrogens is 623 g/mol. The van der Waals surface area contributed by atoms with Gasteiger partial charge in [-0.3, -0.25) is 0 Å². The monoisotopic (exact) mass is 653 g/mol. The van der Waals surface area contributed by atoms with Crippen LogP contribution in [-0.4, -0.2) is 11.7 Å². The highest BCUT2D eigenvalue weighted by Crippen LogP contribution is 2.39. The third kappa shape index (κ3) is 5.17. The van der Waals surface area contributed by atoms with Gasteiger partial charge in [0.2, 0.25) is 0 Å². The Bertz CT molecular complexity index is 2820. The first-order valence-electron chi connectivity index (χ1n) is 17.3. The minimum absolute atomic E-state index is 0.390. The number of aliphatic imine (C=N–C) groups is 2. The summed E-state index contributed by atoms with van der Waals surface area (Å²) in [5.74, 6) is 1.47. The van der Waals surface area contributed by atoms with E-state index in [9.17, 15) is 0 Å². The van der Waals surface area contributed by atoms with Crippen LogP contribution >= 0.6 is 0 Å². The van der Waals surface area contributed by atoms with E-state index in [1.54, 1.807) is 0 Å². The van der Waals surface area contributed by atoms with Crippen LogP contribution in [0, 0.1) is 0 Å². The fourth-order valence-electron chi connectivity index (χ4n) is 7.39. The molecule has 1 N–H and O–H groups in total. The Morgan fingerprint density at radius 1 is 0.451 bits per heavy atom. The lowest BCUT2D eigenvalue weighted by Gasteiger charge is -2.24. The van der Waals surface area contributed by atoms with Crippen molar-refractivity contribution < 1.29 is 4.42 Å². The third-order valence-electron chi connectivity index (χ3n) is 9.94. The zero-order chi connectivity index (χ0) is 33.7. The van der Waals surface area contributed by atoms with Crippen molar-refractivity contribution in [2.75, 3.05) is 0 Å². The van der Waals surface area contributed by atoms with Crippen LogP contribution in [0.1, 0.15) is 22.9 Å². The molecule has 0 radical (unpaired) electrons. The van der Waals surface area contributed by atoms with Crippen molar-refractivity contribution in [3.05, 3.63) is 193 Å². The molecule has 0 saturated carbocycles. The molecule has 8 aromatic carbocycles. The van der Waals surface area contributed by atoms with Gasteiger partial charge in [-0.15, -0.1) is 0 Å². The van der Waals surface area contributed by atoms with Crippen molar-refractivity contribution in [3.8, 4) is 22.3 Å². The van der Waals surface area contributed by atoms with Gasteiger partial charge in [-0.1, -0.05) is 152 Å². The Morgan fingerprint density at radius 2 is 1.16 bits per heavy atom. The van der Waals surface area contributed by atoms with Crippen LogP contribution in [0.5, 0.6) is 0 Å². The van der Waals surface area contributed by atoms with Gasteiger partial charge in [0.15, 0.2) is 5.84 Å². The molecule has 4 heteroatoms. The minimum atomic E-state index is -0.390. The highest BCUT2D eigenvalue weighted by atomic mass is 16.3. The SMILES string of the molecule is c1ccc(C2=NC(c3cccc4oc5ccc(-c6cccc7ccccc67)cc5c34)NC(c3ccc(-c4ccc5ccccc5c4)cc3)=N2)cc1. The smallest absolute Gasteiger partial charge is 0.159 e. The Morgan fingerprint density at radius 3 is 2.04 bits per heavy atom. The van der Waals surface area contributed by atoms with E-state index in [1.165, 1.54) is 32.7 Å². The molecule has 51 heavy (non-hydrogen) atoms. The first kappa shape index (κ1) is 29.2. The average molecular weight is 654 g/mol. The maximum Gasteiger partial charge on any atom is 0.159 e. The lowest BCUT2D eigenvalue weighted by molar-refractivity contribution is 0.662. The summed E-state index contributed by atoms with van der Waals surface area (Å²) in [6.45, 7) is 0. The average Bonchev–Trinajstić information content (AvgIpc) is 3.59. The van der Waals surface area contributed by atoms with Crippen LogP contribution in [0.25, 0.3) is 65.7 Å². The van der Waals surface area contributed by atoms with E-state index in [-0.39, 0.29) is 0 Å². The lowest BCUT2D eigenvalue weighted by Crippen LogP contribution is -2.33. The van der Waals surface area contributed by atoms with E-state index < -0.39 is 6.17 Å². The Hall–Kier alpha value is -6.78. The molecule has 0 amide bonds. The molecule has 1 atom stereocenters. The van der Waals surface area contributed by atoms with Crippen molar-refractivity contribution in [2.24, 2.45) is 9.98 Å². The summed E-state index contributed by atoms with van der Waals surface area (Å²) in [6, 6.07) is 61.7. The highest BCUT2D eigenvalue weighted by molar-refractivity contribution is 6.14. The van der Waals surface area contributed by atoms with Crippen molar-refractivity contribution in [1.82, 2.24) is 5.32 Å². The number of fused-ring (bicyclic) bond motifs is 5. The van der Waals surface area contributed by atoms with Gasteiger partial charge in [0.1, 0.15) is 23.2 Å². The van der Waals surface area contributed by atoms with Gasteiger partial charge in [-0.25, -0.2) is 9.98 Å². The maximum absolute atomic E-state index is 6.46. The first-order chi connectivity index (χ1) is 25.2. The van der Waals surface area contributed by atoms with Gasteiger partial charge in [-0.2, -0.15) is 0 Å². The van der Waals surface area contributed by atoms with Crippen molar-refractivity contribution >= 4 is 55.2 Å². The number of hydrogen-bond acceptors (Lipinski definition) is 4. The molecule has 1 aromatic heterocycles. The number of hydrogen-bond donors (Lipinski definition) is 1. The largest absolute Gasteiger partial charge is 0.456 e. The predicted molar refractivity (Wildman–Crippen MR) is 211 cm³/mol. The number of amidine groups is 2. The van der Waals surface area contributed by atoms with Crippen LogP contribution in [0.2, 0.25) is 0 Å². The summed E-state index contributed by atoms with van der Waals surface area (Å²) in [5.41, 5.74) is 9.37. The minimum Gasteiger partial charge on any atom is -0.456 e. The summed E-state index contributed by atoms with van der Waals surface area (Å²) >= 11 is 0. The zero-order valence-electron chi connectivity index (χ0n) is 27.6. The van der Waals surface area contributed by atoms with Crippen LogP contribution in [0.15, 0.2) is 190 Å². The molecule has 0 fully saturated rings. The molecule has 10 rings (SSSR count). The van der Waals surface area contributed by atoms with E-state index in [0.29, 0.717) is 5.84 Å². The molecule has 240 valence electrons. The normalized spacial score (nSPS) is 14.5. The summed E-state index contributed by atoms with van der Waals surface area (Å²) < 4.78 is 6.46. The number of furan rings is 1. The van der Waals surface area contributed by atoms with Crippen LogP contribution in [0.3, 0.4) is 0 Å². The Labute approximate surface area is 295 Å². The molecular formula is C47H31N3O. The van der Waals surface area contributed by atoms with Crippen LogP contribution in [-0.2, 0) is 0 Å². The number of nitrogens with one attached hydrogen (secondary N) is 1. The Kier molecular flexibility index (Phi) is 6.85. The van der Waals surface area contributed by atoms with E-state index in [0.717, 1.165) is 55.6 Å². The second-order valence-electron chi connectivity index (χ2n) is 13.0. The lowest BCUT2D eigenvalue weighted by atomic mass is 9.96. The molecule has 4 nitrogen and oxygen atoms in total. The second-order valence-corrected chi connectivity index (χ2v) is 13.0. The fourth-order valence-corrected chi connectivity index (χ4v) is 7.39.